The lowest BCUT2D eigenvalue weighted by Gasteiger charge is -2.23. The number of hydrogen-bond acceptors (Lipinski definition) is 2. The van der Waals surface area contributed by atoms with Crippen LogP contribution in [0.5, 0.6) is 0 Å². The highest BCUT2D eigenvalue weighted by molar-refractivity contribution is 4.67. The van der Waals surface area contributed by atoms with Gasteiger partial charge in [0, 0.05) is 19.1 Å². The molecule has 0 rings (SSSR count). The average Bonchev–Trinajstić information content (AvgIpc) is 2.14. The molecule has 0 saturated heterocycles. The van der Waals surface area contributed by atoms with E-state index in [0.29, 0.717) is 6.04 Å². The summed E-state index contributed by atoms with van der Waals surface area (Å²) in [5, 5.41) is 0. The van der Waals surface area contributed by atoms with E-state index in [-0.39, 0.29) is 0 Å². The fourth-order valence-corrected chi connectivity index (χ4v) is 1.69. The third-order valence-electron chi connectivity index (χ3n) is 2.79. The van der Waals surface area contributed by atoms with Crippen LogP contribution in [0.25, 0.3) is 0 Å². The van der Waals surface area contributed by atoms with Gasteiger partial charge in [-0.15, -0.1) is 0 Å². The van der Waals surface area contributed by atoms with Crippen molar-refractivity contribution in [3.8, 4) is 0 Å². The summed E-state index contributed by atoms with van der Waals surface area (Å²) >= 11 is 0. The van der Waals surface area contributed by atoms with Gasteiger partial charge in [-0.1, -0.05) is 40.0 Å². The minimum Gasteiger partial charge on any atom is -0.327 e. The number of hydrogen-bond donors (Lipinski definition) is 1. The maximum atomic E-state index is 6.04. The summed E-state index contributed by atoms with van der Waals surface area (Å²) in [4.78, 5) is 2.37. The summed E-state index contributed by atoms with van der Waals surface area (Å²) in [5.74, 6) is 0.790. The van der Waals surface area contributed by atoms with Crippen LogP contribution in [0.15, 0.2) is 0 Å². The highest BCUT2D eigenvalue weighted by Crippen LogP contribution is 2.04. The van der Waals surface area contributed by atoms with Gasteiger partial charge < -0.3 is 10.6 Å². The van der Waals surface area contributed by atoms with E-state index in [4.69, 9.17) is 5.73 Å². The van der Waals surface area contributed by atoms with Crippen LogP contribution in [0.2, 0.25) is 0 Å². The highest BCUT2D eigenvalue weighted by Gasteiger charge is 2.08. The van der Waals surface area contributed by atoms with Gasteiger partial charge in [-0.25, -0.2) is 0 Å². The number of rotatable bonds is 8. The van der Waals surface area contributed by atoms with Crippen molar-refractivity contribution in [2.45, 2.75) is 52.5 Å². The quantitative estimate of drug-likeness (QED) is 0.652. The number of nitrogens with two attached hydrogens (primary N) is 1. The van der Waals surface area contributed by atoms with Crippen LogP contribution in [0.3, 0.4) is 0 Å². The van der Waals surface area contributed by atoms with Crippen LogP contribution < -0.4 is 5.73 Å². The number of likely N-dealkylation sites (N-methyl/N-ethyl adjacent to an activating group) is 1. The molecule has 0 aliphatic heterocycles. The van der Waals surface area contributed by atoms with E-state index in [1.165, 1.54) is 32.2 Å². The summed E-state index contributed by atoms with van der Waals surface area (Å²) in [6.45, 7) is 8.99. The van der Waals surface area contributed by atoms with Gasteiger partial charge in [0.05, 0.1) is 0 Å². The summed E-state index contributed by atoms with van der Waals surface area (Å²) in [6.07, 6.45) is 4.94. The van der Waals surface area contributed by atoms with E-state index in [1.54, 1.807) is 0 Å². The second kappa shape index (κ2) is 8.25. The molecule has 0 heterocycles. The van der Waals surface area contributed by atoms with Crippen molar-refractivity contribution in [1.82, 2.24) is 4.90 Å². The molecule has 2 atom stereocenters. The van der Waals surface area contributed by atoms with E-state index in [9.17, 15) is 0 Å². The summed E-state index contributed by atoms with van der Waals surface area (Å²) in [7, 11) is 2.18. The van der Waals surface area contributed by atoms with Gasteiger partial charge in [0.2, 0.25) is 0 Å². The normalized spacial score (nSPS) is 15.9. The molecule has 0 radical (unpaired) electrons. The van der Waals surface area contributed by atoms with Crippen LogP contribution in [-0.2, 0) is 0 Å². The monoisotopic (exact) mass is 200 g/mol. The Bertz CT molecular complexity index is 125. The third kappa shape index (κ3) is 7.34. The molecule has 0 bridgehead atoms. The van der Waals surface area contributed by atoms with Crippen molar-refractivity contribution in [3.63, 3.8) is 0 Å². The Balaban J connectivity index is 3.54. The van der Waals surface area contributed by atoms with Crippen LogP contribution in [0.1, 0.15) is 46.5 Å². The molecule has 0 fully saturated rings. The molecule has 14 heavy (non-hydrogen) atoms. The summed E-state index contributed by atoms with van der Waals surface area (Å²) in [5.41, 5.74) is 6.04. The second-order valence-corrected chi connectivity index (χ2v) is 4.64. The molecule has 0 saturated carbocycles. The van der Waals surface area contributed by atoms with Gasteiger partial charge in [-0.05, 0) is 19.4 Å². The summed E-state index contributed by atoms with van der Waals surface area (Å²) in [6, 6.07) is 0.365. The van der Waals surface area contributed by atoms with Gasteiger partial charge in [0.15, 0.2) is 0 Å². The van der Waals surface area contributed by atoms with Gasteiger partial charge in [0.25, 0.3) is 0 Å². The second-order valence-electron chi connectivity index (χ2n) is 4.64. The molecular weight excluding hydrogens is 172 g/mol. The van der Waals surface area contributed by atoms with Gasteiger partial charge in [0.1, 0.15) is 0 Å². The molecule has 0 aromatic carbocycles. The van der Waals surface area contributed by atoms with Crippen molar-refractivity contribution in [2.24, 2.45) is 11.7 Å². The molecule has 2 nitrogen and oxygen atoms in total. The Morgan fingerprint density at radius 1 is 1.21 bits per heavy atom. The Labute approximate surface area is 89.9 Å². The molecule has 0 amide bonds. The first-order chi connectivity index (χ1) is 6.60. The Morgan fingerprint density at radius 2 is 1.86 bits per heavy atom. The molecule has 86 valence electrons. The fraction of sp³-hybridized carbons (Fsp3) is 1.00. The van der Waals surface area contributed by atoms with E-state index in [2.05, 4.69) is 32.7 Å². The average molecular weight is 200 g/mol. The molecule has 0 aromatic heterocycles. The van der Waals surface area contributed by atoms with Crippen LogP contribution in [0.4, 0.5) is 0 Å². The lowest BCUT2D eigenvalue weighted by atomic mass is 10.1. The smallest absolute Gasteiger partial charge is 0.0167 e. The zero-order valence-electron chi connectivity index (χ0n) is 10.4. The van der Waals surface area contributed by atoms with Gasteiger partial charge in [-0.3, -0.25) is 0 Å². The SMILES string of the molecule is CCCCC(N)CN(C)CC(C)CC. The van der Waals surface area contributed by atoms with E-state index in [0.717, 1.165) is 12.5 Å². The molecule has 2 heteroatoms. The lowest BCUT2D eigenvalue weighted by Crippen LogP contribution is -2.37. The van der Waals surface area contributed by atoms with E-state index in [1.807, 2.05) is 0 Å². The Hall–Kier alpha value is -0.0800. The van der Waals surface area contributed by atoms with Crippen molar-refractivity contribution in [3.05, 3.63) is 0 Å². The molecule has 0 aliphatic rings. The Kier molecular flexibility index (Phi) is 8.20. The molecule has 0 spiro atoms. The summed E-state index contributed by atoms with van der Waals surface area (Å²) < 4.78 is 0. The maximum absolute atomic E-state index is 6.04. The lowest BCUT2D eigenvalue weighted by molar-refractivity contribution is 0.261. The first-order valence-electron chi connectivity index (χ1n) is 6.04. The number of unbranched alkanes of at least 4 members (excludes halogenated alkanes) is 1. The molecule has 0 aliphatic carbocycles. The van der Waals surface area contributed by atoms with Crippen molar-refractivity contribution in [2.75, 3.05) is 20.1 Å². The highest BCUT2D eigenvalue weighted by atomic mass is 15.1. The largest absolute Gasteiger partial charge is 0.327 e. The molecule has 2 unspecified atom stereocenters. The predicted octanol–water partition coefficient (Wildman–Crippen LogP) is 2.48. The van der Waals surface area contributed by atoms with Crippen molar-refractivity contribution in [1.29, 1.82) is 0 Å². The minimum atomic E-state index is 0.365. The zero-order valence-corrected chi connectivity index (χ0v) is 10.4. The number of nitrogens with zero attached hydrogens (tertiary/aromatic N) is 1. The first kappa shape index (κ1) is 13.9. The maximum Gasteiger partial charge on any atom is 0.0167 e. The first-order valence-corrected chi connectivity index (χ1v) is 6.04. The van der Waals surface area contributed by atoms with Crippen molar-refractivity contribution < 1.29 is 0 Å². The van der Waals surface area contributed by atoms with Crippen LogP contribution in [0, 0.1) is 5.92 Å². The van der Waals surface area contributed by atoms with Crippen LogP contribution in [-0.4, -0.2) is 31.1 Å². The van der Waals surface area contributed by atoms with Crippen LogP contribution >= 0.6 is 0 Å². The molecule has 0 aromatic rings. The zero-order chi connectivity index (χ0) is 11.0. The predicted molar refractivity (Wildman–Crippen MR) is 64.5 cm³/mol. The van der Waals surface area contributed by atoms with Crippen molar-refractivity contribution >= 4 is 0 Å². The van der Waals surface area contributed by atoms with E-state index < -0.39 is 0 Å². The fourth-order valence-electron chi connectivity index (χ4n) is 1.69. The minimum absolute atomic E-state index is 0.365. The standard InChI is InChI=1S/C12H28N2/c1-5-7-8-12(13)10-14(4)9-11(3)6-2/h11-12H,5-10,13H2,1-4H3. The molecule has 2 N–H and O–H groups in total. The molecular formula is C12H28N2. The Morgan fingerprint density at radius 3 is 2.36 bits per heavy atom. The third-order valence-corrected chi connectivity index (χ3v) is 2.79. The van der Waals surface area contributed by atoms with Gasteiger partial charge >= 0.3 is 0 Å². The van der Waals surface area contributed by atoms with Gasteiger partial charge in [-0.2, -0.15) is 0 Å². The van der Waals surface area contributed by atoms with E-state index >= 15 is 0 Å². The topological polar surface area (TPSA) is 29.3 Å².